The maximum Gasteiger partial charge on any atom is 0.307 e. The van der Waals surface area contributed by atoms with Crippen LogP contribution < -0.4 is 10.2 Å². The van der Waals surface area contributed by atoms with Crippen molar-refractivity contribution in [2.24, 2.45) is 5.10 Å². The standard InChI is InChI=1S/C25H21BrIN3O3/c1-4-9-32-21-7-5-20(6-8-21)30-15(2)10-18(16(30)3)14-28-29-25(31)23-12-17-11-19(26)13-22(27)24(17)33-23/h4-8,10-14H,1,9H2,2-3H3,(H,29,31)/b28-14-. The van der Waals surface area contributed by atoms with Crippen LogP contribution in [0.4, 0.5) is 0 Å². The fourth-order valence-electron chi connectivity index (χ4n) is 3.57. The van der Waals surface area contributed by atoms with Crippen LogP contribution in [0.5, 0.6) is 5.75 Å². The van der Waals surface area contributed by atoms with Crippen LogP contribution in [0.1, 0.15) is 27.5 Å². The smallest absolute Gasteiger partial charge is 0.307 e. The number of hydrogen-bond donors (Lipinski definition) is 1. The van der Waals surface area contributed by atoms with E-state index in [-0.39, 0.29) is 5.76 Å². The van der Waals surface area contributed by atoms with Gasteiger partial charge in [0.2, 0.25) is 0 Å². The van der Waals surface area contributed by atoms with Crippen LogP contribution in [-0.4, -0.2) is 23.3 Å². The van der Waals surface area contributed by atoms with Crippen molar-refractivity contribution in [3.63, 3.8) is 0 Å². The van der Waals surface area contributed by atoms with Crippen LogP contribution in [0.3, 0.4) is 0 Å². The third-order valence-corrected chi connectivity index (χ3v) is 6.32. The van der Waals surface area contributed by atoms with E-state index >= 15 is 0 Å². The van der Waals surface area contributed by atoms with Gasteiger partial charge >= 0.3 is 5.91 Å². The van der Waals surface area contributed by atoms with E-state index in [0.717, 1.165) is 41.8 Å². The Morgan fingerprint density at radius 3 is 2.73 bits per heavy atom. The van der Waals surface area contributed by atoms with Gasteiger partial charge in [-0.15, -0.1) is 0 Å². The summed E-state index contributed by atoms with van der Waals surface area (Å²) in [6.45, 7) is 8.17. The summed E-state index contributed by atoms with van der Waals surface area (Å²) in [6, 6.07) is 15.4. The molecule has 1 amide bonds. The molecule has 0 saturated heterocycles. The molecule has 4 rings (SSSR count). The number of carbonyl (C=O) groups excluding carboxylic acids is 1. The zero-order valence-electron chi connectivity index (χ0n) is 18.1. The van der Waals surface area contributed by atoms with Crippen LogP contribution >= 0.6 is 38.5 Å². The highest BCUT2D eigenvalue weighted by Crippen LogP contribution is 2.28. The van der Waals surface area contributed by atoms with Crippen LogP contribution in [0, 0.1) is 17.4 Å². The van der Waals surface area contributed by atoms with Gasteiger partial charge in [-0.25, -0.2) is 5.43 Å². The number of hydrazone groups is 1. The van der Waals surface area contributed by atoms with Gasteiger partial charge in [0.15, 0.2) is 5.76 Å². The first kappa shape index (κ1) is 23.3. The van der Waals surface area contributed by atoms with Crippen LogP contribution in [0.25, 0.3) is 16.7 Å². The van der Waals surface area contributed by atoms with E-state index in [0.29, 0.717) is 12.2 Å². The quantitative estimate of drug-likeness (QED) is 0.111. The molecule has 0 fully saturated rings. The number of fused-ring (bicyclic) bond motifs is 1. The summed E-state index contributed by atoms with van der Waals surface area (Å²) in [4.78, 5) is 12.5. The highest BCUT2D eigenvalue weighted by Gasteiger charge is 2.15. The molecule has 0 aliphatic heterocycles. The summed E-state index contributed by atoms with van der Waals surface area (Å²) >= 11 is 5.64. The Morgan fingerprint density at radius 1 is 1.24 bits per heavy atom. The Morgan fingerprint density at radius 2 is 2.00 bits per heavy atom. The topological polar surface area (TPSA) is 68.8 Å². The van der Waals surface area contributed by atoms with E-state index in [9.17, 15) is 4.79 Å². The van der Waals surface area contributed by atoms with E-state index in [1.165, 1.54) is 0 Å². The van der Waals surface area contributed by atoms with Crippen molar-refractivity contribution in [3.8, 4) is 11.4 Å². The minimum absolute atomic E-state index is 0.211. The molecular formula is C25H21BrIN3O3. The van der Waals surface area contributed by atoms with E-state index in [4.69, 9.17) is 9.15 Å². The molecule has 0 aliphatic carbocycles. The summed E-state index contributed by atoms with van der Waals surface area (Å²) in [5, 5.41) is 5.00. The molecule has 0 bridgehead atoms. The highest BCUT2D eigenvalue weighted by molar-refractivity contribution is 14.1. The van der Waals surface area contributed by atoms with Crippen LogP contribution in [0.15, 0.2) is 75.2 Å². The Bertz CT molecular complexity index is 1370. The third kappa shape index (κ3) is 5.06. The molecule has 1 N–H and O–H groups in total. The predicted molar refractivity (Wildman–Crippen MR) is 143 cm³/mol. The summed E-state index contributed by atoms with van der Waals surface area (Å²) < 4.78 is 15.3. The average Bonchev–Trinajstić information content (AvgIpc) is 3.33. The molecule has 168 valence electrons. The number of amides is 1. The van der Waals surface area contributed by atoms with Crippen LogP contribution in [-0.2, 0) is 0 Å². The Hall–Kier alpha value is -2.85. The average molecular weight is 618 g/mol. The third-order valence-electron chi connectivity index (χ3n) is 5.06. The summed E-state index contributed by atoms with van der Waals surface area (Å²) in [5.74, 6) is 0.596. The van der Waals surface area contributed by atoms with E-state index in [1.807, 2.05) is 56.3 Å². The minimum atomic E-state index is -0.404. The molecule has 0 unspecified atom stereocenters. The molecule has 0 radical (unpaired) electrons. The number of hydrogen-bond acceptors (Lipinski definition) is 4. The lowest BCUT2D eigenvalue weighted by atomic mass is 10.2. The van der Waals surface area contributed by atoms with Crippen LogP contribution in [0.2, 0.25) is 0 Å². The fourth-order valence-corrected chi connectivity index (χ4v) is 5.23. The maximum absolute atomic E-state index is 12.5. The largest absolute Gasteiger partial charge is 0.490 e. The normalized spacial score (nSPS) is 11.3. The molecule has 0 spiro atoms. The number of furan rings is 1. The van der Waals surface area contributed by atoms with E-state index < -0.39 is 5.91 Å². The molecule has 4 aromatic rings. The zero-order chi connectivity index (χ0) is 23.5. The van der Waals surface area contributed by atoms with Crippen molar-refractivity contribution < 1.29 is 13.9 Å². The second-order valence-corrected chi connectivity index (χ2v) is 9.45. The van der Waals surface area contributed by atoms with Gasteiger partial charge in [-0.05, 0) is 85.0 Å². The minimum Gasteiger partial charge on any atom is -0.490 e. The predicted octanol–water partition coefficient (Wildman–Crippen LogP) is 6.54. The number of ether oxygens (including phenoxy) is 1. The first-order valence-corrected chi connectivity index (χ1v) is 12.0. The monoisotopic (exact) mass is 617 g/mol. The van der Waals surface area contributed by atoms with Gasteiger partial charge in [0.1, 0.15) is 17.9 Å². The van der Waals surface area contributed by atoms with Gasteiger partial charge in [-0.1, -0.05) is 28.6 Å². The van der Waals surface area contributed by atoms with Gasteiger partial charge in [0, 0.05) is 32.5 Å². The molecule has 2 aromatic carbocycles. The number of nitrogens with one attached hydrogen (secondary N) is 1. The second-order valence-electron chi connectivity index (χ2n) is 7.37. The number of benzene rings is 2. The van der Waals surface area contributed by atoms with Crippen molar-refractivity contribution in [2.45, 2.75) is 13.8 Å². The summed E-state index contributed by atoms with van der Waals surface area (Å²) in [5.41, 5.74) is 7.21. The Balaban J connectivity index is 1.49. The summed E-state index contributed by atoms with van der Waals surface area (Å²) in [6.07, 6.45) is 3.35. The number of aromatic nitrogens is 1. The molecule has 6 nitrogen and oxygen atoms in total. The molecule has 2 heterocycles. The summed E-state index contributed by atoms with van der Waals surface area (Å²) in [7, 11) is 0. The maximum atomic E-state index is 12.5. The van der Waals surface area contributed by atoms with Crippen molar-refractivity contribution in [1.82, 2.24) is 9.99 Å². The number of halogens is 2. The van der Waals surface area contributed by atoms with E-state index in [1.54, 1.807) is 18.4 Å². The number of aryl methyl sites for hydroxylation is 1. The van der Waals surface area contributed by atoms with Crippen molar-refractivity contribution in [1.29, 1.82) is 0 Å². The fraction of sp³-hybridized carbons (Fsp3) is 0.120. The lowest BCUT2D eigenvalue weighted by Gasteiger charge is -2.11. The molecular weight excluding hydrogens is 597 g/mol. The lowest BCUT2D eigenvalue weighted by molar-refractivity contribution is 0.0929. The number of rotatable bonds is 7. The molecule has 33 heavy (non-hydrogen) atoms. The molecule has 2 aromatic heterocycles. The Kier molecular flexibility index (Phi) is 7.04. The molecule has 8 heteroatoms. The second kappa shape index (κ2) is 9.96. The molecule has 0 atom stereocenters. The first-order valence-electron chi connectivity index (χ1n) is 10.1. The van der Waals surface area contributed by atoms with Crippen molar-refractivity contribution in [2.75, 3.05) is 6.61 Å². The highest BCUT2D eigenvalue weighted by atomic mass is 127. The molecule has 0 saturated carbocycles. The SMILES string of the molecule is C=CCOc1ccc(-n2c(C)cc(/C=N\NC(=O)c3cc4cc(Br)cc(I)c4o3)c2C)cc1. The Labute approximate surface area is 213 Å². The van der Waals surface area contributed by atoms with Gasteiger partial charge in [-0.3, -0.25) is 4.79 Å². The van der Waals surface area contributed by atoms with Crippen molar-refractivity contribution in [3.05, 3.63) is 91.9 Å². The van der Waals surface area contributed by atoms with Crippen molar-refractivity contribution >= 4 is 61.6 Å². The van der Waals surface area contributed by atoms with Gasteiger partial charge in [0.25, 0.3) is 0 Å². The van der Waals surface area contributed by atoms with Gasteiger partial charge in [-0.2, -0.15) is 5.10 Å². The number of nitrogens with zero attached hydrogens (tertiary/aromatic N) is 2. The zero-order valence-corrected chi connectivity index (χ0v) is 21.8. The lowest BCUT2D eigenvalue weighted by Crippen LogP contribution is -2.16. The van der Waals surface area contributed by atoms with Gasteiger partial charge in [0.05, 0.1) is 9.78 Å². The molecule has 0 aliphatic rings. The van der Waals surface area contributed by atoms with E-state index in [2.05, 4.69) is 60.2 Å². The van der Waals surface area contributed by atoms with Gasteiger partial charge < -0.3 is 13.7 Å². The number of carbonyl (C=O) groups is 1. The first-order chi connectivity index (χ1) is 15.9.